The van der Waals surface area contributed by atoms with Crippen molar-refractivity contribution >= 4 is 28.9 Å². The highest BCUT2D eigenvalue weighted by atomic mass is 35.5. The maximum Gasteiger partial charge on any atom is 0.143 e. The van der Waals surface area contributed by atoms with Crippen LogP contribution in [0.4, 0.5) is 5.69 Å². The Kier molecular flexibility index (Phi) is 4.03. The molecule has 106 valence electrons. The van der Waals surface area contributed by atoms with E-state index in [2.05, 4.69) is 20.8 Å². The van der Waals surface area contributed by atoms with Crippen molar-refractivity contribution in [2.24, 2.45) is 0 Å². The van der Waals surface area contributed by atoms with Gasteiger partial charge in [0.25, 0.3) is 0 Å². The van der Waals surface area contributed by atoms with E-state index in [4.69, 9.17) is 23.2 Å². The van der Waals surface area contributed by atoms with E-state index in [1.165, 1.54) is 6.33 Å². The van der Waals surface area contributed by atoms with Crippen molar-refractivity contribution < 1.29 is 0 Å². The van der Waals surface area contributed by atoms with Crippen LogP contribution in [0.15, 0.2) is 48.8 Å². The number of nitrogens with one attached hydrogen (secondary N) is 1. The molecule has 3 rings (SSSR count). The van der Waals surface area contributed by atoms with Gasteiger partial charge in [0.2, 0.25) is 0 Å². The van der Waals surface area contributed by atoms with Gasteiger partial charge >= 0.3 is 0 Å². The Balaban J connectivity index is 1.82. The SMILES string of the molecule is Clc1ccccc1CNc1cc(-n2cnnn2)ccc1Cl. The third-order valence-electron chi connectivity index (χ3n) is 2.99. The van der Waals surface area contributed by atoms with Gasteiger partial charge in [0, 0.05) is 11.6 Å². The summed E-state index contributed by atoms with van der Waals surface area (Å²) in [7, 11) is 0. The van der Waals surface area contributed by atoms with E-state index < -0.39 is 0 Å². The van der Waals surface area contributed by atoms with Gasteiger partial charge < -0.3 is 5.32 Å². The minimum absolute atomic E-state index is 0.582. The molecule has 7 heteroatoms. The topological polar surface area (TPSA) is 55.6 Å². The molecule has 2 aromatic carbocycles. The molecule has 5 nitrogen and oxygen atoms in total. The molecule has 0 fully saturated rings. The Hall–Kier alpha value is -2.11. The Morgan fingerprint density at radius 3 is 2.67 bits per heavy atom. The molecule has 0 aliphatic carbocycles. The van der Waals surface area contributed by atoms with Crippen molar-refractivity contribution in [2.45, 2.75) is 6.54 Å². The second-order valence-corrected chi connectivity index (χ2v) is 5.18. The van der Waals surface area contributed by atoms with Crippen LogP contribution in [0, 0.1) is 0 Å². The van der Waals surface area contributed by atoms with Crippen LogP contribution in [0.3, 0.4) is 0 Å². The summed E-state index contributed by atoms with van der Waals surface area (Å²) in [4.78, 5) is 0. The van der Waals surface area contributed by atoms with Crippen molar-refractivity contribution in [3.05, 3.63) is 64.4 Å². The first-order valence-corrected chi connectivity index (χ1v) is 7.00. The van der Waals surface area contributed by atoms with Gasteiger partial charge in [0.05, 0.1) is 16.4 Å². The van der Waals surface area contributed by atoms with Gasteiger partial charge in [-0.05, 0) is 40.3 Å². The Labute approximate surface area is 131 Å². The molecule has 0 bridgehead atoms. The maximum absolute atomic E-state index is 6.21. The standard InChI is InChI=1S/C14H11Cl2N5/c15-12-4-2-1-3-10(12)8-17-14-7-11(5-6-13(14)16)21-9-18-19-20-21/h1-7,9,17H,8H2. The van der Waals surface area contributed by atoms with Gasteiger partial charge in [0.15, 0.2) is 0 Å². The maximum atomic E-state index is 6.21. The van der Waals surface area contributed by atoms with Gasteiger partial charge in [-0.3, -0.25) is 0 Å². The predicted octanol–water partition coefficient (Wildman–Crippen LogP) is 3.58. The summed E-state index contributed by atoms with van der Waals surface area (Å²) in [5.41, 5.74) is 2.62. The Morgan fingerprint density at radius 1 is 1.05 bits per heavy atom. The summed E-state index contributed by atoms with van der Waals surface area (Å²) >= 11 is 12.3. The third kappa shape index (κ3) is 3.15. The van der Waals surface area contributed by atoms with Gasteiger partial charge in [-0.2, -0.15) is 0 Å². The quantitative estimate of drug-likeness (QED) is 0.798. The van der Waals surface area contributed by atoms with Crippen molar-refractivity contribution in [1.29, 1.82) is 0 Å². The fraction of sp³-hybridized carbons (Fsp3) is 0.0714. The molecular formula is C14H11Cl2N5. The molecule has 1 N–H and O–H groups in total. The molecule has 0 atom stereocenters. The van der Waals surface area contributed by atoms with Gasteiger partial charge in [-0.25, -0.2) is 4.68 Å². The number of anilines is 1. The number of tetrazole rings is 1. The molecule has 1 aromatic heterocycles. The van der Waals surface area contributed by atoms with Gasteiger partial charge in [0.1, 0.15) is 6.33 Å². The summed E-state index contributed by atoms with van der Waals surface area (Å²) in [6.45, 7) is 0.582. The van der Waals surface area contributed by atoms with E-state index in [1.807, 2.05) is 36.4 Å². The summed E-state index contributed by atoms with van der Waals surface area (Å²) in [5.74, 6) is 0. The zero-order chi connectivity index (χ0) is 14.7. The molecular weight excluding hydrogens is 309 g/mol. The molecule has 0 unspecified atom stereocenters. The Morgan fingerprint density at radius 2 is 1.90 bits per heavy atom. The first kappa shape index (κ1) is 13.9. The lowest BCUT2D eigenvalue weighted by Gasteiger charge is -2.11. The summed E-state index contributed by atoms with van der Waals surface area (Å²) in [6.07, 6.45) is 1.53. The van der Waals surface area contributed by atoms with Crippen molar-refractivity contribution in [2.75, 3.05) is 5.32 Å². The van der Waals surface area contributed by atoms with E-state index in [1.54, 1.807) is 10.7 Å². The number of hydrogen-bond donors (Lipinski definition) is 1. The van der Waals surface area contributed by atoms with Crippen molar-refractivity contribution in [3.63, 3.8) is 0 Å². The molecule has 3 aromatic rings. The monoisotopic (exact) mass is 319 g/mol. The Bertz CT molecular complexity index is 743. The van der Waals surface area contributed by atoms with Crippen LogP contribution >= 0.6 is 23.2 Å². The second kappa shape index (κ2) is 6.11. The predicted molar refractivity (Wildman–Crippen MR) is 82.9 cm³/mol. The molecule has 1 heterocycles. The average Bonchev–Trinajstić information content (AvgIpc) is 3.02. The number of aromatic nitrogens is 4. The van der Waals surface area contributed by atoms with E-state index in [-0.39, 0.29) is 0 Å². The number of rotatable bonds is 4. The van der Waals surface area contributed by atoms with Crippen molar-refractivity contribution in [3.8, 4) is 5.69 Å². The lowest BCUT2D eigenvalue weighted by atomic mass is 10.2. The summed E-state index contributed by atoms with van der Waals surface area (Å²) in [6, 6.07) is 13.2. The molecule has 0 saturated heterocycles. The van der Waals surface area contributed by atoms with Crippen LogP contribution in [0.5, 0.6) is 0 Å². The molecule has 0 aliphatic heterocycles. The average molecular weight is 320 g/mol. The molecule has 0 saturated carbocycles. The van der Waals surface area contributed by atoms with Gasteiger partial charge in [-0.15, -0.1) is 5.10 Å². The smallest absolute Gasteiger partial charge is 0.143 e. The molecule has 0 radical (unpaired) electrons. The van der Waals surface area contributed by atoms with E-state index in [9.17, 15) is 0 Å². The van der Waals surface area contributed by atoms with Crippen LogP contribution in [-0.4, -0.2) is 20.2 Å². The summed E-state index contributed by atoms with van der Waals surface area (Å²) in [5, 5.41) is 15.7. The highest BCUT2D eigenvalue weighted by molar-refractivity contribution is 6.33. The van der Waals surface area contributed by atoms with Crippen LogP contribution in [0.25, 0.3) is 5.69 Å². The largest absolute Gasteiger partial charge is 0.380 e. The molecule has 0 spiro atoms. The number of hydrogen-bond acceptors (Lipinski definition) is 4. The summed E-state index contributed by atoms with van der Waals surface area (Å²) < 4.78 is 1.57. The fourth-order valence-corrected chi connectivity index (χ4v) is 2.29. The zero-order valence-electron chi connectivity index (χ0n) is 10.9. The van der Waals surface area contributed by atoms with Gasteiger partial charge in [-0.1, -0.05) is 41.4 Å². The normalized spacial score (nSPS) is 10.6. The minimum atomic E-state index is 0.582. The van der Waals surface area contributed by atoms with Crippen LogP contribution in [-0.2, 0) is 6.54 Å². The minimum Gasteiger partial charge on any atom is -0.380 e. The highest BCUT2D eigenvalue weighted by Gasteiger charge is 2.05. The number of nitrogens with zero attached hydrogens (tertiary/aromatic N) is 4. The van der Waals surface area contributed by atoms with E-state index in [0.717, 1.165) is 22.0 Å². The fourth-order valence-electron chi connectivity index (χ4n) is 1.90. The molecule has 21 heavy (non-hydrogen) atoms. The lowest BCUT2D eigenvalue weighted by Crippen LogP contribution is -2.02. The number of benzene rings is 2. The van der Waals surface area contributed by atoms with Crippen LogP contribution < -0.4 is 5.32 Å². The third-order valence-corrected chi connectivity index (χ3v) is 3.69. The highest BCUT2D eigenvalue weighted by Crippen LogP contribution is 2.26. The van der Waals surface area contributed by atoms with E-state index in [0.29, 0.717) is 11.6 Å². The zero-order valence-corrected chi connectivity index (χ0v) is 12.4. The van der Waals surface area contributed by atoms with Crippen LogP contribution in [0.1, 0.15) is 5.56 Å². The van der Waals surface area contributed by atoms with E-state index >= 15 is 0 Å². The second-order valence-electron chi connectivity index (χ2n) is 4.36. The number of halogens is 2. The lowest BCUT2D eigenvalue weighted by molar-refractivity contribution is 0.789. The van der Waals surface area contributed by atoms with Crippen LogP contribution in [0.2, 0.25) is 10.0 Å². The molecule has 0 aliphatic rings. The first-order chi connectivity index (χ1) is 10.2. The first-order valence-electron chi connectivity index (χ1n) is 6.24. The van der Waals surface area contributed by atoms with Crippen molar-refractivity contribution in [1.82, 2.24) is 20.2 Å². The molecule has 0 amide bonds.